The van der Waals surface area contributed by atoms with Crippen LogP contribution in [0.5, 0.6) is 5.75 Å². The van der Waals surface area contributed by atoms with Crippen LogP contribution >= 0.6 is 22.6 Å². The van der Waals surface area contributed by atoms with E-state index in [4.69, 9.17) is 14.6 Å². The second-order valence-corrected chi connectivity index (χ2v) is 5.85. The largest absolute Gasteiger partial charge is 0.483 e. The van der Waals surface area contributed by atoms with Gasteiger partial charge in [0.15, 0.2) is 0 Å². The van der Waals surface area contributed by atoms with Gasteiger partial charge in [-0.15, -0.1) is 0 Å². The molecule has 0 aliphatic rings. The summed E-state index contributed by atoms with van der Waals surface area (Å²) < 4.78 is 15.7. The number of carbonyl (C=O) groups is 1. The van der Waals surface area contributed by atoms with Crippen LogP contribution in [0.2, 0.25) is 0 Å². The highest BCUT2D eigenvalue weighted by molar-refractivity contribution is 14.1. The minimum atomic E-state index is -1.29. The SMILES string of the molecule is CC(C)(C)OCCOc1c(I)cc(C(=O)O)oc1=O. The molecule has 6 nitrogen and oxygen atoms in total. The van der Waals surface area contributed by atoms with Gasteiger partial charge in [0.1, 0.15) is 6.61 Å². The summed E-state index contributed by atoms with van der Waals surface area (Å²) in [7, 11) is 0. The summed E-state index contributed by atoms with van der Waals surface area (Å²) in [6.45, 7) is 6.23. The van der Waals surface area contributed by atoms with Gasteiger partial charge in [0.05, 0.1) is 15.8 Å². The molecule has 0 radical (unpaired) electrons. The Balaban J connectivity index is 2.70. The summed E-state index contributed by atoms with van der Waals surface area (Å²) in [5.41, 5.74) is -1.09. The van der Waals surface area contributed by atoms with Crippen molar-refractivity contribution in [2.45, 2.75) is 26.4 Å². The van der Waals surface area contributed by atoms with Crippen molar-refractivity contribution >= 4 is 28.6 Å². The topological polar surface area (TPSA) is 86.0 Å². The molecule has 1 aromatic heterocycles. The summed E-state index contributed by atoms with van der Waals surface area (Å²) >= 11 is 1.82. The van der Waals surface area contributed by atoms with Gasteiger partial charge in [-0.05, 0) is 43.4 Å². The molecular weight excluding hydrogens is 367 g/mol. The van der Waals surface area contributed by atoms with Crippen LogP contribution in [-0.4, -0.2) is 29.9 Å². The summed E-state index contributed by atoms with van der Waals surface area (Å²) in [5.74, 6) is -1.70. The predicted octanol–water partition coefficient (Wildman–Crippen LogP) is 2.14. The quantitative estimate of drug-likeness (QED) is 0.621. The molecule has 0 bridgehead atoms. The molecule has 0 saturated heterocycles. The van der Waals surface area contributed by atoms with E-state index in [2.05, 4.69) is 4.42 Å². The third-order valence-corrected chi connectivity index (χ3v) is 2.74. The fourth-order valence-electron chi connectivity index (χ4n) is 1.18. The molecule has 0 amide bonds. The van der Waals surface area contributed by atoms with Gasteiger partial charge in [0, 0.05) is 6.07 Å². The van der Waals surface area contributed by atoms with Crippen molar-refractivity contribution in [1.29, 1.82) is 0 Å². The van der Waals surface area contributed by atoms with E-state index in [1.807, 2.05) is 43.4 Å². The van der Waals surface area contributed by atoms with Crippen LogP contribution < -0.4 is 10.4 Å². The van der Waals surface area contributed by atoms with Gasteiger partial charge < -0.3 is 19.0 Å². The van der Waals surface area contributed by atoms with Crippen LogP contribution in [0, 0.1) is 3.57 Å². The molecule has 19 heavy (non-hydrogen) atoms. The summed E-state index contributed by atoms with van der Waals surface area (Å²) in [4.78, 5) is 22.2. The third kappa shape index (κ3) is 5.19. The molecule has 1 aromatic rings. The van der Waals surface area contributed by atoms with Gasteiger partial charge in [-0.1, -0.05) is 0 Å². The van der Waals surface area contributed by atoms with Gasteiger partial charge in [0.25, 0.3) is 0 Å². The summed E-state index contributed by atoms with van der Waals surface area (Å²) in [5, 5.41) is 8.73. The molecule has 0 aliphatic carbocycles. The minimum absolute atomic E-state index is 0.00288. The maximum absolute atomic E-state index is 11.6. The van der Waals surface area contributed by atoms with E-state index in [0.29, 0.717) is 10.2 Å². The molecule has 1 N–H and O–H groups in total. The Morgan fingerprint density at radius 1 is 1.42 bits per heavy atom. The van der Waals surface area contributed by atoms with Crippen molar-refractivity contribution in [3.63, 3.8) is 0 Å². The number of aromatic carboxylic acids is 1. The van der Waals surface area contributed by atoms with Crippen LogP contribution in [0.15, 0.2) is 15.3 Å². The van der Waals surface area contributed by atoms with Gasteiger partial charge in [-0.25, -0.2) is 9.59 Å². The Kier molecular flexibility index (Phi) is 5.36. The van der Waals surface area contributed by atoms with E-state index >= 15 is 0 Å². The molecule has 106 valence electrons. The zero-order valence-corrected chi connectivity index (χ0v) is 13.0. The van der Waals surface area contributed by atoms with Crippen molar-refractivity contribution in [2.24, 2.45) is 0 Å². The molecule has 7 heteroatoms. The number of rotatable bonds is 5. The molecule has 0 unspecified atom stereocenters. The van der Waals surface area contributed by atoms with E-state index in [1.165, 1.54) is 6.07 Å². The first kappa shape index (κ1) is 16.0. The lowest BCUT2D eigenvalue weighted by Gasteiger charge is -2.19. The van der Waals surface area contributed by atoms with Crippen LogP contribution in [0.4, 0.5) is 0 Å². The second kappa shape index (κ2) is 6.38. The first-order chi connectivity index (χ1) is 8.70. The van der Waals surface area contributed by atoms with Crippen molar-refractivity contribution in [1.82, 2.24) is 0 Å². The van der Waals surface area contributed by atoms with Gasteiger partial charge in [-0.2, -0.15) is 0 Å². The molecule has 0 aliphatic heterocycles. The highest BCUT2D eigenvalue weighted by Gasteiger charge is 2.16. The van der Waals surface area contributed by atoms with Gasteiger partial charge in [-0.3, -0.25) is 0 Å². The minimum Gasteiger partial charge on any atom is -0.483 e. The smallest absolute Gasteiger partial charge is 0.380 e. The van der Waals surface area contributed by atoms with Gasteiger partial charge in [0.2, 0.25) is 11.5 Å². The molecule has 0 saturated carbocycles. The van der Waals surface area contributed by atoms with Crippen LogP contribution in [0.25, 0.3) is 0 Å². The van der Waals surface area contributed by atoms with E-state index in [9.17, 15) is 9.59 Å². The van der Waals surface area contributed by atoms with E-state index in [-0.39, 0.29) is 18.0 Å². The monoisotopic (exact) mass is 382 g/mol. The van der Waals surface area contributed by atoms with Crippen molar-refractivity contribution in [2.75, 3.05) is 13.2 Å². The van der Waals surface area contributed by atoms with E-state index in [0.717, 1.165) is 0 Å². The molecular formula is C12H15IO6. The third-order valence-electron chi connectivity index (χ3n) is 1.94. The molecule has 0 aromatic carbocycles. The Morgan fingerprint density at radius 3 is 2.53 bits per heavy atom. The average molecular weight is 382 g/mol. The zero-order chi connectivity index (χ0) is 14.6. The maximum atomic E-state index is 11.6. The number of hydrogen-bond acceptors (Lipinski definition) is 5. The van der Waals surface area contributed by atoms with Crippen molar-refractivity contribution < 1.29 is 23.8 Å². The van der Waals surface area contributed by atoms with Crippen molar-refractivity contribution in [3.05, 3.63) is 25.8 Å². The highest BCUT2D eigenvalue weighted by Crippen LogP contribution is 2.17. The summed E-state index contributed by atoms with van der Waals surface area (Å²) in [6, 6.07) is 1.24. The Hall–Kier alpha value is -1.09. The van der Waals surface area contributed by atoms with Gasteiger partial charge >= 0.3 is 11.6 Å². The number of carboxylic acid groups (broad SMARTS) is 1. The first-order valence-corrected chi connectivity index (χ1v) is 6.62. The lowest BCUT2D eigenvalue weighted by molar-refractivity contribution is -0.0168. The first-order valence-electron chi connectivity index (χ1n) is 5.54. The molecule has 1 rings (SSSR count). The second-order valence-electron chi connectivity index (χ2n) is 4.69. The number of ether oxygens (including phenoxy) is 2. The Morgan fingerprint density at radius 2 is 2.05 bits per heavy atom. The summed E-state index contributed by atoms with van der Waals surface area (Å²) in [6.07, 6.45) is 0. The molecule has 0 atom stereocenters. The predicted molar refractivity (Wildman–Crippen MR) is 75.9 cm³/mol. The Bertz CT molecular complexity index is 514. The number of halogens is 1. The Labute approximate surface area is 123 Å². The van der Waals surface area contributed by atoms with Crippen LogP contribution in [0.1, 0.15) is 31.3 Å². The zero-order valence-electron chi connectivity index (χ0n) is 10.9. The molecule has 0 fully saturated rings. The maximum Gasteiger partial charge on any atom is 0.380 e. The van der Waals surface area contributed by atoms with Crippen LogP contribution in [-0.2, 0) is 4.74 Å². The molecule has 1 heterocycles. The fraction of sp³-hybridized carbons (Fsp3) is 0.500. The lowest BCUT2D eigenvalue weighted by atomic mass is 10.2. The standard InChI is InChI=1S/C12H15IO6/c1-12(2,3)18-5-4-17-9-7(13)6-8(10(14)15)19-11(9)16/h6H,4-5H2,1-3H3,(H,14,15). The normalized spacial score (nSPS) is 11.4. The molecule has 0 spiro atoms. The van der Waals surface area contributed by atoms with E-state index in [1.54, 1.807) is 0 Å². The average Bonchev–Trinajstić information content (AvgIpc) is 2.25. The lowest BCUT2D eigenvalue weighted by Crippen LogP contribution is -2.23. The number of hydrogen-bond donors (Lipinski definition) is 1. The van der Waals surface area contributed by atoms with Crippen molar-refractivity contribution in [3.8, 4) is 5.75 Å². The van der Waals surface area contributed by atoms with E-state index < -0.39 is 17.4 Å². The highest BCUT2D eigenvalue weighted by atomic mass is 127. The number of carboxylic acids is 1. The van der Waals surface area contributed by atoms with Crippen LogP contribution in [0.3, 0.4) is 0 Å². The fourth-order valence-corrected chi connectivity index (χ4v) is 1.84.